The topological polar surface area (TPSA) is 69.4 Å². The summed E-state index contributed by atoms with van der Waals surface area (Å²) >= 11 is 0. The van der Waals surface area contributed by atoms with Gasteiger partial charge in [0, 0.05) is 0 Å². The Morgan fingerprint density at radius 2 is 1.12 bits per heavy atom. The first kappa shape index (κ1) is 18.7. The van der Waals surface area contributed by atoms with Crippen molar-refractivity contribution < 1.29 is 13.2 Å². The Morgan fingerprint density at radius 1 is 0.680 bits per heavy atom. The van der Waals surface area contributed by atoms with Gasteiger partial charge in [-0.15, -0.1) is 0 Å². The van der Waals surface area contributed by atoms with Crippen LogP contribution in [0, 0.1) is 0 Å². The van der Waals surface area contributed by atoms with Crippen molar-refractivity contribution in [1.29, 1.82) is 0 Å². The lowest BCUT2D eigenvalue weighted by Crippen LogP contribution is -2.11. The molecule has 0 aliphatic heterocycles. The number of nitrogens with two attached hydrogens (primary N) is 1. The highest BCUT2D eigenvalue weighted by molar-refractivity contribution is 7.89. The van der Waals surface area contributed by atoms with E-state index in [-0.39, 0.29) is 4.90 Å². The van der Waals surface area contributed by atoms with Gasteiger partial charge >= 0.3 is 0 Å². The van der Waals surface area contributed by atoms with Gasteiger partial charge in [0.1, 0.15) is 11.5 Å². The molecule has 0 atom stereocenters. The summed E-state index contributed by atoms with van der Waals surface area (Å²) in [5.74, 6) is 1.51. The molecule has 0 saturated carbocycles. The van der Waals surface area contributed by atoms with Gasteiger partial charge in [0.2, 0.25) is 10.0 Å². The van der Waals surface area contributed by atoms with Crippen LogP contribution < -0.4 is 9.88 Å². The zero-order chi connectivity index (χ0) is 18.3. The number of hydrogen-bond donors (Lipinski definition) is 1. The molecule has 0 heterocycles. The molecule has 3 aromatic carbocycles. The molecular weight excluding hydrogens is 334 g/mol. The van der Waals surface area contributed by atoms with Crippen molar-refractivity contribution in [3.63, 3.8) is 0 Å². The Balaban J connectivity index is 0.00000109. The van der Waals surface area contributed by atoms with Crippen LogP contribution in [0.1, 0.15) is 13.8 Å². The molecular formula is C20H21NO3S. The van der Waals surface area contributed by atoms with E-state index in [0.29, 0.717) is 0 Å². The summed E-state index contributed by atoms with van der Waals surface area (Å²) in [5, 5.41) is 5.09. The average Bonchev–Trinajstić information content (AvgIpc) is 2.64. The highest BCUT2D eigenvalue weighted by atomic mass is 32.2. The van der Waals surface area contributed by atoms with Gasteiger partial charge < -0.3 is 4.74 Å². The maximum Gasteiger partial charge on any atom is 0.238 e. The fourth-order valence-electron chi connectivity index (χ4n) is 2.18. The maximum atomic E-state index is 11.3. The average molecular weight is 355 g/mol. The van der Waals surface area contributed by atoms with E-state index in [4.69, 9.17) is 9.88 Å². The summed E-state index contributed by atoms with van der Waals surface area (Å²) in [7, 11) is -3.66. The highest BCUT2D eigenvalue weighted by Crippen LogP contribution is 2.26. The molecule has 130 valence electrons. The third-order valence-corrected chi connectivity index (χ3v) is 4.28. The van der Waals surface area contributed by atoms with Crippen molar-refractivity contribution in [2.45, 2.75) is 18.7 Å². The minimum absolute atomic E-state index is 0.102. The van der Waals surface area contributed by atoms with Gasteiger partial charge in [-0.1, -0.05) is 56.3 Å². The molecule has 0 radical (unpaired) electrons. The van der Waals surface area contributed by atoms with E-state index >= 15 is 0 Å². The van der Waals surface area contributed by atoms with Crippen LogP contribution in [-0.4, -0.2) is 8.42 Å². The Hall–Kier alpha value is -2.63. The molecule has 0 unspecified atom stereocenters. The second-order valence-corrected chi connectivity index (χ2v) is 6.57. The smallest absolute Gasteiger partial charge is 0.238 e. The Bertz CT molecular complexity index is 888. The van der Waals surface area contributed by atoms with Crippen LogP contribution in [0.3, 0.4) is 0 Å². The Kier molecular flexibility index (Phi) is 6.33. The van der Waals surface area contributed by atoms with Crippen LogP contribution in [0.25, 0.3) is 11.1 Å². The molecule has 0 fully saturated rings. The number of para-hydroxylation sites is 1. The van der Waals surface area contributed by atoms with Gasteiger partial charge in [0.25, 0.3) is 0 Å². The van der Waals surface area contributed by atoms with Gasteiger partial charge in [0.05, 0.1) is 4.90 Å². The monoisotopic (exact) mass is 355 g/mol. The zero-order valence-corrected chi connectivity index (χ0v) is 15.0. The quantitative estimate of drug-likeness (QED) is 0.729. The molecule has 5 heteroatoms. The van der Waals surface area contributed by atoms with Crippen LogP contribution in [0.5, 0.6) is 11.5 Å². The van der Waals surface area contributed by atoms with Gasteiger partial charge in [-0.2, -0.15) is 0 Å². The zero-order valence-electron chi connectivity index (χ0n) is 14.2. The first-order valence-corrected chi connectivity index (χ1v) is 9.53. The number of sulfonamides is 1. The molecule has 3 rings (SSSR count). The van der Waals surface area contributed by atoms with E-state index in [2.05, 4.69) is 0 Å². The summed E-state index contributed by atoms with van der Waals surface area (Å²) in [5.41, 5.74) is 1.87. The van der Waals surface area contributed by atoms with Crippen LogP contribution in [0.15, 0.2) is 83.8 Å². The third kappa shape index (κ3) is 5.17. The molecule has 0 spiro atoms. The van der Waals surface area contributed by atoms with Crippen LogP contribution in [0.4, 0.5) is 0 Å². The van der Waals surface area contributed by atoms with E-state index in [0.717, 1.165) is 22.6 Å². The van der Waals surface area contributed by atoms with Crippen molar-refractivity contribution in [3.8, 4) is 22.6 Å². The maximum absolute atomic E-state index is 11.3. The van der Waals surface area contributed by atoms with E-state index in [1.165, 1.54) is 12.1 Å². The van der Waals surface area contributed by atoms with Gasteiger partial charge in [0.15, 0.2) is 0 Å². The number of benzene rings is 3. The Morgan fingerprint density at radius 3 is 1.60 bits per heavy atom. The van der Waals surface area contributed by atoms with E-state index in [1.54, 1.807) is 12.1 Å². The van der Waals surface area contributed by atoms with Crippen molar-refractivity contribution in [2.75, 3.05) is 0 Å². The van der Waals surface area contributed by atoms with Crippen molar-refractivity contribution >= 4 is 10.0 Å². The SMILES string of the molecule is CC.NS(=O)(=O)c1ccc(-c2ccc(Oc3ccccc3)cc2)cc1. The summed E-state index contributed by atoms with van der Waals surface area (Å²) in [6, 6.07) is 23.6. The summed E-state index contributed by atoms with van der Waals surface area (Å²) in [6.45, 7) is 4.00. The first-order chi connectivity index (χ1) is 12.0. The van der Waals surface area contributed by atoms with Crippen LogP contribution >= 0.6 is 0 Å². The molecule has 0 aliphatic rings. The summed E-state index contributed by atoms with van der Waals surface area (Å²) in [4.78, 5) is 0.102. The van der Waals surface area contributed by atoms with Gasteiger partial charge in [-0.05, 0) is 47.5 Å². The molecule has 25 heavy (non-hydrogen) atoms. The molecule has 4 nitrogen and oxygen atoms in total. The second kappa shape index (κ2) is 8.46. The van der Waals surface area contributed by atoms with Crippen LogP contribution in [-0.2, 0) is 10.0 Å². The minimum atomic E-state index is -3.66. The van der Waals surface area contributed by atoms with Crippen molar-refractivity contribution in [2.24, 2.45) is 5.14 Å². The lowest BCUT2D eigenvalue weighted by atomic mass is 10.1. The van der Waals surface area contributed by atoms with Gasteiger partial charge in [-0.3, -0.25) is 0 Å². The molecule has 0 aromatic heterocycles. The molecule has 0 aliphatic carbocycles. The fraction of sp³-hybridized carbons (Fsp3) is 0.100. The Labute approximate surface area is 148 Å². The number of primary sulfonamides is 1. The molecule has 0 amide bonds. The number of ether oxygens (including phenoxy) is 1. The predicted molar refractivity (Wildman–Crippen MR) is 101 cm³/mol. The minimum Gasteiger partial charge on any atom is -0.457 e. The third-order valence-electron chi connectivity index (χ3n) is 3.35. The molecule has 0 bridgehead atoms. The lowest BCUT2D eigenvalue weighted by Gasteiger charge is -2.07. The summed E-state index contributed by atoms with van der Waals surface area (Å²) in [6.07, 6.45) is 0. The number of hydrogen-bond acceptors (Lipinski definition) is 3. The molecule has 3 aromatic rings. The number of rotatable bonds is 4. The summed E-state index contributed by atoms with van der Waals surface area (Å²) < 4.78 is 28.3. The predicted octanol–water partition coefficient (Wildman–Crippen LogP) is 4.82. The lowest BCUT2D eigenvalue weighted by molar-refractivity contribution is 0.483. The van der Waals surface area contributed by atoms with E-state index in [9.17, 15) is 8.42 Å². The largest absolute Gasteiger partial charge is 0.457 e. The van der Waals surface area contributed by atoms with E-state index < -0.39 is 10.0 Å². The standard InChI is InChI=1S/C18H15NO3S.C2H6/c19-23(20,21)18-12-8-15(9-13-18)14-6-10-17(11-7-14)22-16-4-2-1-3-5-16;1-2/h1-13H,(H2,19,20,21);1-2H3. The second-order valence-electron chi connectivity index (χ2n) is 5.01. The molecule has 2 N–H and O–H groups in total. The molecule has 0 saturated heterocycles. The normalized spacial score (nSPS) is 10.5. The van der Waals surface area contributed by atoms with E-state index in [1.807, 2.05) is 68.4 Å². The first-order valence-electron chi connectivity index (χ1n) is 7.98. The van der Waals surface area contributed by atoms with Gasteiger partial charge in [-0.25, -0.2) is 13.6 Å². The van der Waals surface area contributed by atoms with Crippen LogP contribution in [0.2, 0.25) is 0 Å². The fourth-order valence-corrected chi connectivity index (χ4v) is 2.69. The highest BCUT2D eigenvalue weighted by Gasteiger charge is 2.07. The van der Waals surface area contributed by atoms with Crippen molar-refractivity contribution in [3.05, 3.63) is 78.9 Å². The van der Waals surface area contributed by atoms with Crippen molar-refractivity contribution in [1.82, 2.24) is 0 Å².